The molecule has 0 bridgehead atoms. The Morgan fingerprint density at radius 1 is 1.05 bits per heavy atom. The van der Waals surface area contributed by atoms with Gasteiger partial charge in [-0.05, 0) is 39.0 Å². The summed E-state index contributed by atoms with van der Waals surface area (Å²) in [6.07, 6.45) is -3.74. The number of halogens is 4. The van der Waals surface area contributed by atoms with Gasteiger partial charge in [-0.2, -0.15) is 23.4 Å². The number of nitrogens with zero attached hydrogens (tertiary/aromatic N) is 7. The second-order valence-corrected chi connectivity index (χ2v) is 10.5. The zero-order valence-electron chi connectivity index (χ0n) is 23.9. The summed E-state index contributed by atoms with van der Waals surface area (Å²) in [6.45, 7) is 6.58. The monoisotopic (exact) mass is 632 g/mol. The van der Waals surface area contributed by atoms with Crippen molar-refractivity contribution in [2.24, 2.45) is 0 Å². The minimum Gasteiger partial charge on any atom is -0.450 e. The highest BCUT2D eigenvalue weighted by molar-refractivity contribution is 6.30. The van der Waals surface area contributed by atoms with Crippen molar-refractivity contribution in [2.75, 3.05) is 38.1 Å². The standard InChI is InChI=1S/C28H28ClF3N8O4/c1-4-44-27(43)38-11-9-37(10-12-38)26(42)17(3)39-15-22(16(2)35-39)34-25(41)21-14-24-33-20(18-5-7-19(29)8-6-18)13-23(28(30,31)32)40(24)36-21/h5-8,13-15,17H,4,9-12H2,1-3H3,(H,34,41). The zero-order valence-corrected chi connectivity index (χ0v) is 24.7. The third-order valence-corrected chi connectivity index (χ3v) is 7.38. The molecule has 4 heterocycles. The van der Waals surface area contributed by atoms with Gasteiger partial charge in [0.2, 0.25) is 5.91 Å². The Balaban J connectivity index is 1.32. The lowest BCUT2D eigenvalue weighted by atomic mass is 10.1. The molecule has 1 aromatic carbocycles. The molecule has 12 nitrogen and oxygen atoms in total. The maximum Gasteiger partial charge on any atom is 0.433 e. The van der Waals surface area contributed by atoms with E-state index in [9.17, 15) is 27.6 Å². The third-order valence-electron chi connectivity index (χ3n) is 7.13. The van der Waals surface area contributed by atoms with Gasteiger partial charge in [0.25, 0.3) is 5.91 Å². The topological polar surface area (TPSA) is 127 Å². The van der Waals surface area contributed by atoms with Crippen LogP contribution in [0.3, 0.4) is 0 Å². The molecule has 16 heteroatoms. The number of carbonyl (C=O) groups excluding carboxylic acids is 3. The van der Waals surface area contributed by atoms with Crippen LogP contribution >= 0.6 is 11.6 Å². The fourth-order valence-corrected chi connectivity index (χ4v) is 4.87. The summed E-state index contributed by atoms with van der Waals surface area (Å²) in [5.41, 5.74) is -0.506. The first-order valence-electron chi connectivity index (χ1n) is 13.7. The lowest BCUT2D eigenvalue weighted by Crippen LogP contribution is -2.52. The highest BCUT2D eigenvalue weighted by Crippen LogP contribution is 2.33. The van der Waals surface area contributed by atoms with Crippen LogP contribution in [0, 0.1) is 6.92 Å². The highest BCUT2D eigenvalue weighted by Gasteiger charge is 2.36. The number of fused-ring (bicyclic) bond motifs is 1. The first-order chi connectivity index (χ1) is 20.8. The Morgan fingerprint density at radius 3 is 2.34 bits per heavy atom. The van der Waals surface area contributed by atoms with Crippen molar-refractivity contribution < 1.29 is 32.3 Å². The molecule has 1 N–H and O–H groups in total. The molecular weight excluding hydrogens is 605 g/mol. The second-order valence-electron chi connectivity index (χ2n) is 10.1. The summed E-state index contributed by atoms with van der Waals surface area (Å²) in [4.78, 5) is 45.6. The summed E-state index contributed by atoms with van der Waals surface area (Å²) >= 11 is 5.91. The molecule has 1 atom stereocenters. The number of alkyl halides is 3. The number of carbonyl (C=O) groups is 3. The normalized spacial score (nSPS) is 14.5. The van der Waals surface area contributed by atoms with Crippen LogP contribution in [-0.2, 0) is 15.7 Å². The molecule has 0 radical (unpaired) electrons. The van der Waals surface area contributed by atoms with E-state index in [0.29, 0.717) is 47.0 Å². The summed E-state index contributed by atoms with van der Waals surface area (Å²) in [6, 6.07) is 7.44. The van der Waals surface area contributed by atoms with Gasteiger partial charge in [0.1, 0.15) is 6.04 Å². The van der Waals surface area contributed by atoms with E-state index in [2.05, 4.69) is 20.5 Å². The van der Waals surface area contributed by atoms with E-state index in [1.54, 1.807) is 37.8 Å². The van der Waals surface area contributed by atoms with Crippen LogP contribution < -0.4 is 5.32 Å². The second kappa shape index (κ2) is 12.1. The number of rotatable bonds is 6. The summed E-state index contributed by atoms with van der Waals surface area (Å²) < 4.78 is 48.9. The van der Waals surface area contributed by atoms with Crippen LogP contribution in [-0.4, -0.2) is 84.9 Å². The van der Waals surface area contributed by atoms with E-state index < -0.39 is 29.9 Å². The van der Waals surface area contributed by atoms with Crippen molar-refractivity contribution in [3.63, 3.8) is 0 Å². The zero-order chi connectivity index (χ0) is 31.8. The van der Waals surface area contributed by atoms with Crippen molar-refractivity contribution in [2.45, 2.75) is 33.0 Å². The smallest absolute Gasteiger partial charge is 0.433 e. The van der Waals surface area contributed by atoms with Gasteiger partial charge in [0.15, 0.2) is 17.0 Å². The first-order valence-corrected chi connectivity index (χ1v) is 14.0. The minimum absolute atomic E-state index is 0.0337. The van der Waals surface area contributed by atoms with Gasteiger partial charge in [-0.1, -0.05) is 23.7 Å². The third kappa shape index (κ3) is 6.32. The highest BCUT2D eigenvalue weighted by atomic mass is 35.5. The van der Waals surface area contributed by atoms with Crippen LogP contribution in [0.2, 0.25) is 5.02 Å². The molecule has 1 aliphatic rings. The molecule has 4 aromatic rings. The molecule has 0 spiro atoms. The van der Waals surface area contributed by atoms with Gasteiger partial charge in [0.05, 0.1) is 23.7 Å². The molecule has 1 unspecified atom stereocenters. The Morgan fingerprint density at radius 2 is 1.70 bits per heavy atom. The van der Waals surface area contributed by atoms with Crippen molar-refractivity contribution >= 4 is 40.8 Å². The van der Waals surface area contributed by atoms with Gasteiger partial charge < -0.3 is 19.9 Å². The fraction of sp³-hybridized carbons (Fsp3) is 0.357. The van der Waals surface area contributed by atoms with Crippen molar-refractivity contribution in [1.82, 2.24) is 34.2 Å². The van der Waals surface area contributed by atoms with Crippen molar-refractivity contribution in [1.29, 1.82) is 0 Å². The number of piperazine rings is 1. The maximum absolute atomic E-state index is 14.0. The van der Waals surface area contributed by atoms with Gasteiger partial charge >= 0.3 is 12.3 Å². The molecule has 44 heavy (non-hydrogen) atoms. The predicted molar refractivity (Wildman–Crippen MR) is 153 cm³/mol. The summed E-state index contributed by atoms with van der Waals surface area (Å²) in [5, 5.41) is 11.3. The molecule has 0 saturated carbocycles. The molecule has 3 aromatic heterocycles. The number of aryl methyl sites for hydroxylation is 1. The Bertz CT molecular complexity index is 1710. The van der Waals surface area contributed by atoms with E-state index in [0.717, 1.165) is 12.1 Å². The molecule has 232 valence electrons. The van der Waals surface area contributed by atoms with Crippen LogP contribution in [0.1, 0.15) is 41.8 Å². The van der Waals surface area contributed by atoms with Crippen LogP contribution in [0.5, 0.6) is 0 Å². The molecule has 5 rings (SSSR count). The fourth-order valence-electron chi connectivity index (χ4n) is 4.75. The van der Waals surface area contributed by atoms with E-state index >= 15 is 0 Å². The predicted octanol–water partition coefficient (Wildman–Crippen LogP) is 4.69. The number of benzene rings is 1. The lowest BCUT2D eigenvalue weighted by Gasteiger charge is -2.35. The van der Waals surface area contributed by atoms with E-state index in [-0.39, 0.29) is 35.2 Å². The first kappa shape index (κ1) is 30.8. The number of anilines is 1. The Hall–Kier alpha value is -4.66. The largest absolute Gasteiger partial charge is 0.450 e. The number of hydrogen-bond donors (Lipinski definition) is 1. The van der Waals surface area contributed by atoms with Crippen molar-refractivity contribution in [3.05, 3.63) is 64.7 Å². The van der Waals surface area contributed by atoms with E-state index in [4.69, 9.17) is 16.3 Å². The number of ether oxygens (including phenoxy) is 1. The summed E-state index contributed by atoms with van der Waals surface area (Å²) in [5.74, 6) is -1.01. The Kier molecular flexibility index (Phi) is 8.50. The molecule has 1 fully saturated rings. The SMILES string of the molecule is CCOC(=O)N1CCN(C(=O)C(C)n2cc(NC(=O)c3cc4nc(-c5ccc(Cl)cc5)cc(C(F)(F)F)n4n3)c(C)n2)CC1. The van der Waals surface area contributed by atoms with Crippen molar-refractivity contribution in [3.8, 4) is 11.3 Å². The average Bonchev–Trinajstić information content (AvgIpc) is 3.59. The summed E-state index contributed by atoms with van der Waals surface area (Å²) in [7, 11) is 0. The minimum atomic E-state index is -4.78. The number of nitrogens with one attached hydrogen (secondary N) is 1. The Labute approximate surface area is 254 Å². The molecular formula is C28H28ClF3N8O4. The maximum atomic E-state index is 14.0. The van der Waals surface area contributed by atoms with E-state index in [1.165, 1.54) is 27.9 Å². The van der Waals surface area contributed by atoms with E-state index in [1.807, 2.05) is 0 Å². The molecule has 1 saturated heterocycles. The molecule has 3 amide bonds. The molecule has 0 aliphatic carbocycles. The quantitative estimate of drug-likeness (QED) is 0.327. The lowest BCUT2D eigenvalue weighted by molar-refractivity contribution is -0.142. The van der Waals surface area contributed by atoms with Gasteiger partial charge in [-0.25, -0.2) is 14.3 Å². The van der Waals surface area contributed by atoms with Gasteiger partial charge in [-0.3, -0.25) is 14.3 Å². The van der Waals surface area contributed by atoms with Gasteiger partial charge in [-0.15, -0.1) is 0 Å². The number of aromatic nitrogens is 5. The number of amides is 3. The van der Waals surface area contributed by atoms with Gasteiger partial charge in [0, 0.05) is 49.0 Å². The van der Waals surface area contributed by atoms with Crippen LogP contribution in [0.4, 0.5) is 23.7 Å². The van der Waals surface area contributed by atoms with Crippen LogP contribution in [0.25, 0.3) is 16.9 Å². The average molecular weight is 633 g/mol. The number of hydrogen-bond acceptors (Lipinski definition) is 7. The van der Waals surface area contributed by atoms with Crippen LogP contribution in [0.15, 0.2) is 42.6 Å². The molecule has 1 aliphatic heterocycles.